The van der Waals surface area contributed by atoms with Crippen LogP contribution in [0, 0.1) is 5.41 Å². The van der Waals surface area contributed by atoms with Gasteiger partial charge in [-0.25, -0.2) is 9.59 Å². The highest BCUT2D eigenvalue weighted by atomic mass is 16.5. The number of hydrogen-bond donors (Lipinski definition) is 1. The van der Waals surface area contributed by atoms with Crippen LogP contribution >= 0.6 is 0 Å². The quantitative estimate of drug-likeness (QED) is 0.196. The fraction of sp³-hybridized carbons (Fsp3) is 0.547. The van der Waals surface area contributed by atoms with Crippen molar-refractivity contribution in [2.24, 2.45) is 5.41 Å². The summed E-state index contributed by atoms with van der Waals surface area (Å²) in [5.41, 5.74) is -0.132. The molecule has 6 atom stereocenters. The van der Waals surface area contributed by atoms with Gasteiger partial charge in [0.1, 0.15) is 48.7 Å². The SMILES string of the molecule is COc1ccc(CC[C@H]2OC(=O)[C@@H]3CCCCN3C(=O)C(=O)C(C)(C)COC(=O)C=CCCCN(C)C(=O)[C@@H]3CCCN3C(=O)[C@H](COC(C)(C)C)N(C)C(=O)[C@H](Cc3ccccc3)N(C)C(=O)[C@H](C)NC(=O)COc3cccc2c3)cc1OC. The van der Waals surface area contributed by atoms with Crippen molar-refractivity contribution in [2.45, 2.75) is 148 Å². The maximum Gasteiger partial charge on any atom is 0.330 e. The van der Waals surface area contributed by atoms with Crippen LogP contribution in [0.25, 0.3) is 0 Å². The molecule has 0 spiro atoms. The monoisotopic (exact) mass is 1180 g/mol. The van der Waals surface area contributed by atoms with Crippen LogP contribution in [-0.4, -0.2) is 188 Å². The Morgan fingerprint density at radius 1 is 0.682 bits per heavy atom. The van der Waals surface area contributed by atoms with Gasteiger partial charge in [-0.2, -0.15) is 0 Å². The Labute approximate surface area is 499 Å². The Hall–Kier alpha value is -7.81. The number of carbonyl (C=O) groups excluding carboxylic acids is 9. The molecule has 21 nitrogen and oxygen atoms in total. The summed E-state index contributed by atoms with van der Waals surface area (Å²) in [6, 6.07) is 15.7. The lowest BCUT2D eigenvalue weighted by molar-refractivity contribution is -0.165. The van der Waals surface area contributed by atoms with E-state index in [1.54, 1.807) is 43.5 Å². The predicted octanol–water partition coefficient (Wildman–Crippen LogP) is 5.84. The minimum absolute atomic E-state index is 0.0545. The topological polar surface area (TPSA) is 237 Å². The van der Waals surface area contributed by atoms with Gasteiger partial charge in [0, 0.05) is 53.3 Å². The molecule has 3 aromatic rings. The molecule has 1 N–H and O–H groups in total. The average Bonchev–Trinajstić information content (AvgIpc) is 3.46. The van der Waals surface area contributed by atoms with E-state index in [2.05, 4.69) is 5.32 Å². The molecule has 0 radical (unpaired) electrons. The van der Waals surface area contributed by atoms with Crippen LogP contribution in [0.1, 0.15) is 116 Å². The predicted molar refractivity (Wildman–Crippen MR) is 315 cm³/mol. The lowest BCUT2D eigenvalue weighted by atomic mass is 9.87. The number of cyclic esters (lactones) is 2. The number of likely N-dealkylation sites (N-methyl/N-ethyl adjacent to an activating group) is 3. The molecule has 6 rings (SSSR count). The summed E-state index contributed by atoms with van der Waals surface area (Å²) < 4.78 is 35.0. The number of allylic oxidation sites excluding steroid dienone is 1. The van der Waals surface area contributed by atoms with Gasteiger partial charge >= 0.3 is 11.9 Å². The summed E-state index contributed by atoms with van der Waals surface area (Å²) in [6.07, 6.45) is 5.65. The first-order chi connectivity index (χ1) is 40.3. The molecule has 85 heavy (non-hydrogen) atoms. The first kappa shape index (κ1) is 66.3. The summed E-state index contributed by atoms with van der Waals surface area (Å²) in [7, 11) is 7.65. The number of hydrogen-bond acceptors (Lipinski definition) is 15. The van der Waals surface area contributed by atoms with Gasteiger partial charge in [0.25, 0.3) is 11.8 Å². The van der Waals surface area contributed by atoms with Gasteiger partial charge < -0.3 is 58.2 Å². The van der Waals surface area contributed by atoms with E-state index in [0.717, 1.165) is 11.1 Å². The number of Topliss-reactive ketones (excluding diaryl/α,β-unsaturated/α-hetero) is 1. The zero-order chi connectivity index (χ0) is 62.2. The number of nitrogens with zero attached hydrogens (tertiary/aromatic N) is 5. The number of rotatable bonds is 9. The number of amides is 6. The maximum atomic E-state index is 15.0. The minimum atomic E-state index is -1.47. The smallest absolute Gasteiger partial charge is 0.330 e. The highest BCUT2D eigenvalue weighted by Gasteiger charge is 2.45. The number of benzene rings is 3. The standard InChI is InChI=1S/C64H86N6O15/c1-42-57(74)67(8)49(36-43-22-14-12-15-23-43)59(76)68(9)50(39-84-63(2,3)4)60(77)69-35-21-27-47(69)58(75)66(7)33-18-13-16-28-55(72)83-41-64(5,6)56(73)61(78)70-34-19-17-26-48(70)62(79)85-51(31-29-44-30-32-52(80-10)53(37-44)81-11)45-24-20-25-46(38-45)82-40-54(71)65-42/h12,14-16,20,22-25,28,30,32,37-38,42,47-51H,13,17-19,21,26-27,29,31,33-36,39-41H2,1-11H3,(H,65,71)/t42-,47-,48-,49-,50-,51+/m0/s1. The molecule has 462 valence electrons. The average molecular weight is 1180 g/mol. The summed E-state index contributed by atoms with van der Waals surface area (Å²) >= 11 is 0. The van der Waals surface area contributed by atoms with Crippen molar-refractivity contribution in [1.29, 1.82) is 0 Å². The Morgan fingerprint density at radius 3 is 2.08 bits per heavy atom. The second-order valence-corrected chi connectivity index (χ2v) is 23.7. The Kier molecular flexibility index (Phi) is 23.7. The van der Waals surface area contributed by atoms with E-state index < -0.39 is 108 Å². The molecule has 2 fully saturated rings. The Balaban J connectivity index is 1.31. The van der Waals surface area contributed by atoms with Gasteiger partial charge in [0.15, 0.2) is 18.1 Å². The Bertz CT molecular complexity index is 2890. The first-order valence-corrected chi connectivity index (χ1v) is 29.2. The lowest BCUT2D eigenvalue weighted by Crippen LogP contribution is -2.60. The van der Waals surface area contributed by atoms with Gasteiger partial charge in [-0.3, -0.25) is 33.6 Å². The molecular formula is C64H86N6O15. The molecule has 3 aliphatic rings. The molecule has 6 amide bonds. The van der Waals surface area contributed by atoms with E-state index in [4.69, 9.17) is 28.4 Å². The molecule has 0 aliphatic carbocycles. The number of aryl methyl sites for hydroxylation is 1. The second-order valence-electron chi connectivity index (χ2n) is 23.7. The summed E-state index contributed by atoms with van der Waals surface area (Å²) in [6.45, 7) is 9.42. The van der Waals surface area contributed by atoms with E-state index in [9.17, 15) is 38.4 Å². The molecule has 2 bridgehead atoms. The lowest BCUT2D eigenvalue weighted by Gasteiger charge is -2.38. The van der Waals surface area contributed by atoms with Crippen LogP contribution in [0.5, 0.6) is 17.2 Å². The van der Waals surface area contributed by atoms with E-state index in [1.165, 1.54) is 79.7 Å². The number of ether oxygens (including phenoxy) is 6. The van der Waals surface area contributed by atoms with Crippen LogP contribution in [-0.2, 0) is 70.2 Å². The van der Waals surface area contributed by atoms with Crippen molar-refractivity contribution in [3.8, 4) is 17.2 Å². The van der Waals surface area contributed by atoms with E-state index in [-0.39, 0.29) is 57.2 Å². The van der Waals surface area contributed by atoms with E-state index in [1.807, 2.05) is 63.2 Å². The van der Waals surface area contributed by atoms with Crippen LogP contribution in [0.15, 0.2) is 84.9 Å². The number of fused-ring (bicyclic) bond motifs is 4. The van der Waals surface area contributed by atoms with E-state index in [0.29, 0.717) is 62.0 Å². The van der Waals surface area contributed by atoms with Gasteiger partial charge in [0.2, 0.25) is 29.4 Å². The fourth-order valence-corrected chi connectivity index (χ4v) is 10.6. The van der Waals surface area contributed by atoms with Crippen molar-refractivity contribution in [2.75, 3.05) is 74.8 Å². The summed E-state index contributed by atoms with van der Waals surface area (Å²) in [4.78, 5) is 135. The van der Waals surface area contributed by atoms with Crippen LogP contribution in [0.4, 0.5) is 0 Å². The van der Waals surface area contributed by atoms with Crippen molar-refractivity contribution < 1.29 is 71.6 Å². The maximum absolute atomic E-state index is 15.0. The largest absolute Gasteiger partial charge is 0.493 e. The van der Waals surface area contributed by atoms with Crippen molar-refractivity contribution >= 4 is 53.2 Å². The molecule has 21 heteroatoms. The third-order valence-electron chi connectivity index (χ3n) is 15.6. The Morgan fingerprint density at radius 2 is 1.38 bits per heavy atom. The number of piperidine rings is 1. The highest BCUT2D eigenvalue weighted by Crippen LogP contribution is 2.33. The van der Waals surface area contributed by atoms with Crippen molar-refractivity contribution in [3.63, 3.8) is 0 Å². The number of nitrogens with one attached hydrogen (secondary N) is 1. The molecule has 0 saturated carbocycles. The van der Waals surface area contributed by atoms with Gasteiger partial charge in [-0.1, -0.05) is 54.6 Å². The molecule has 3 heterocycles. The molecule has 0 aromatic heterocycles. The van der Waals surface area contributed by atoms with Gasteiger partial charge in [-0.05, 0) is 140 Å². The van der Waals surface area contributed by atoms with Gasteiger partial charge in [0.05, 0.1) is 31.8 Å². The molecule has 2 saturated heterocycles. The number of methoxy groups -OCH3 is 2. The normalized spacial score (nSPS) is 23.7. The van der Waals surface area contributed by atoms with Crippen LogP contribution in [0.3, 0.4) is 0 Å². The first-order valence-electron chi connectivity index (χ1n) is 29.2. The zero-order valence-corrected chi connectivity index (χ0v) is 51.2. The third kappa shape index (κ3) is 18.1. The molecule has 0 unspecified atom stereocenters. The summed E-state index contributed by atoms with van der Waals surface area (Å²) in [5, 5.41) is 2.70. The molecule has 3 aliphatic heterocycles. The second kappa shape index (κ2) is 30.3. The van der Waals surface area contributed by atoms with Crippen LogP contribution < -0.4 is 19.5 Å². The minimum Gasteiger partial charge on any atom is -0.493 e. The highest BCUT2D eigenvalue weighted by molar-refractivity contribution is 6.38. The van der Waals surface area contributed by atoms with E-state index >= 15 is 4.79 Å². The molecular weight excluding hydrogens is 1090 g/mol. The van der Waals surface area contributed by atoms with Crippen molar-refractivity contribution in [1.82, 2.24) is 29.8 Å². The third-order valence-corrected chi connectivity index (χ3v) is 15.6. The number of esters is 2. The van der Waals surface area contributed by atoms with Gasteiger partial charge in [-0.15, -0.1) is 0 Å². The zero-order valence-electron chi connectivity index (χ0n) is 51.2. The van der Waals surface area contributed by atoms with Crippen LogP contribution in [0.2, 0.25) is 0 Å². The number of ketones is 1. The van der Waals surface area contributed by atoms with Crippen molar-refractivity contribution in [3.05, 3.63) is 102 Å². The number of carbonyl (C=O) groups is 9. The molecule has 3 aromatic carbocycles. The summed E-state index contributed by atoms with van der Waals surface area (Å²) in [5.74, 6) is -4.59. The fourth-order valence-electron chi connectivity index (χ4n) is 10.6.